The number of aryl methyl sites for hydroxylation is 1. The fourth-order valence-electron chi connectivity index (χ4n) is 2.44. The Kier molecular flexibility index (Phi) is 4.55. The number of rotatable bonds is 6. The molecule has 25 heavy (non-hydrogen) atoms. The zero-order valence-corrected chi connectivity index (χ0v) is 13.5. The molecule has 0 atom stereocenters. The molecule has 0 radical (unpaired) electrons. The van der Waals surface area contributed by atoms with E-state index in [0.29, 0.717) is 12.2 Å². The van der Waals surface area contributed by atoms with Crippen LogP contribution in [-0.2, 0) is 17.9 Å². The van der Waals surface area contributed by atoms with Gasteiger partial charge in [0.1, 0.15) is 18.4 Å². The molecule has 3 rings (SSSR count). The highest BCUT2D eigenvalue weighted by atomic mass is 16.6. The average Bonchev–Trinajstić information content (AvgIpc) is 3.17. The van der Waals surface area contributed by atoms with E-state index in [1.54, 1.807) is 16.9 Å². The molecular formula is C16H16N6O3. The number of anilines is 1. The highest BCUT2D eigenvalue weighted by Crippen LogP contribution is 2.15. The van der Waals surface area contributed by atoms with E-state index < -0.39 is 4.92 Å². The predicted octanol–water partition coefficient (Wildman–Crippen LogP) is 1.98. The maximum absolute atomic E-state index is 12.1. The fraction of sp³-hybridized carbons (Fsp3) is 0.188. The van der Waals surface area contributed by atoms with Crippen molar-refractivity contribution >= 4 is 17.3 Å². The minimum atomic E-state index is -0.518. The molecule has 9 heteroatoms. The number of aromatic nitrogens is 4. The van der Waals surface area contributed by atoms with Crippen LogP contribution in [0.2, 0.25) is 0 Å². The summed E-state index contributed by atoms with van der Waals surface area (Å²) in [6, 6.07) is 9.27. The van der Waals surface area contributed by atoms with Crippen LogP contribution in [0.4, 0.5) is 11.4 Å². The minimum absolute atomic E-state index is 0.0991. The first kappa shape index (κ1) is 16.4. The third kappa shape index (κ3) is 4.08. The van der Waals surface area contributed by atoms with Crippen molar-refractivity contribution in [3.63, 3.8) is 0 Å². The van der Waals surface area contributed by atoms with Gasteiger partial charge in [-0.25, -0.2) is 0 Å². The number of nitro groups is 1. The van der Waals surface area contributed by atoms with Gasteiger partial charge in [0.2, 0.25) is 5.91 Å². The van der Waals surface area contributed by atoms with Crippen LogP contribution in [0.1, 0.15) is 11.3 Å². The Balaban J connectivity index is 1.64. The summed E-state index contributed by atoms with van der Waals surface area (Å²) in [5.74, 6) is -0.311. The molecule has 0 fully saturated rings. The zero-order chi connectivity index (χ0) is 17.8. The second-order valence-corrected chi connectivity index (χ2v) is 5.51. The maximum Gasteiger partial charge on any atom is 0.309 e. The van der Waals surface area contributed by atoms with Crippen molar-refractivity contribution in [2.45, 2.75) is 20.0 Å². The quantitative estimate of drug-likeness (QED) is 0.545. The van der Waals surface area contributed by atoms with E-state index in [9.17, 15) is 14.9 Å². The largest absolute Gasteiger partial charge is 0.324 e. The summed E-state index contributed by atoms with van der Waals surface area (Å²) >= 11 is 0. The molecule has 0 aliphatic heterocycles. The van der Waals surface area contributed by atoms with Crippen LogP contribution < -0.4 is 5.32 Å². The molecular weight excluding hydrogens is 324 g/mol. The molecule has 0 spiro atoms. The molecule has 3 aromatic rings. The highest BCUT2D eigenvalue weighted by molar-refractivity contribution is 5.90. The van der Waals surface area contributed by atoms with Crippen LogP contribution in [0.15, 0.2) is 48.9 Å². The van der Waals surface area contributed by atoms with Gasteiger partial charge in [-0.3, -0.25) is 24.3 Å². The highest BCUT2D eigenvalue weighted by Gasteiger charge is 2.16. The van der Waals surface area contributed by atoms with E-state index >= 15 is 0 Å². The zero-order valence-electron chi connectivity index (χ0n) is 13.5. The summed E-state index contributed by atoms with van der Waals surface area (Å²) in [5.41, 5.74) is 1.81. The summed E-state index contributed by atoms with van der Waals surface area (Å²) in [6.45, 7) is 2.03. The first-order valence-electron chi connectivity index (χ1n) is 7.56. The van der Waals surface area contributed by atoms with Crippen LogP contribution in [-0.4, -0.2) is 30.4 Å². The molecule has 0 bridgehead atoms. The summed E-state index contributed by atoms with van der Waals surface area (Å²) in [7, 11) is 0. The Hall–Kier alpha value is -3.49. The average molecular weight is 340 g/mol. The van der Waals surface area contributed by atoms with Crippen LogP contribution in [0.3, 0.4) is 0 Å². The van der Waals surface area contributed by atoms with Crippen molar-refractivity contribution in [3.05, 3.63) is 70.3 Å². The van der Waals surface area contributed by atoms with Gasteiger partial charge in [-0.05, 0) is 30.7 Å². The van der Waals surface area contributed by atoms with E-state index in [4.69, 9.17) is 0 Å². The van der Waals surface area contributed by atoms with Crippen molar-refractivity contribution < 1.29 is 9.72 Å². The molecule has 128 valence electrons. The lowest BCUT2D eigenvalue weighted by molar-refractivity contribution is -0.385. The monoisotopic (exact) mass is 340 g/mol. The first-order valence-corrected chi connectivity index (χ1v) is 7.56. The second kappa shape index (κ2) is 6.95. The van der Waals surface area contributed by atoms with Gasteiger partial charge in [0.15, 0.2) is 0 Å². The number of carbonyl (C=O) groups is 1. The number of hydrogen-bond acceptors (Lipinski definition) is 5. The molecule has 0 aliphatic carbocycles. The number of benzene rings is 1. The van der Waals surface area contributed by atoms with E-state index in [2.05, 4.69) is 15.5 Å². The van der Waals surface area contributed by atoms with Crippen molar-refractivity contribution in [2.24, 2.45) is 0 Å². The minimum Gasteiger partial charge on any atom is -0.324 e. The lowest BCUT2D eigenvalue weighted by atomic mass is 10.2. The number of amides is 1. The molecule has 0 aliphatic rings. The number of carbonyl (C=O) groups excluding carboxylic acids is 1. The van der Waals surface area contributed by atoms with E-state index in [0.717, 1.165) is 5.56 Å². The number of nitrogens with one attached hydrogen (secondary N) is 1. The van der Waals surface area contributed by atoms with Gasteiger partial charge in [0.25, 0.3) is 0 Å². The SMILES string of the molecule is Cc1nn(CC(=O)Nc2cccc(Cn3cccn3)c2)cc1[N+](=O)[O-]. The summed E-state index contributed by atoms with van der Waals surface area (Å²) in [5, 5.41) is 21.7. The summed E-state index contributed by atoms with van der Waals surface area (Å²) in [4.78, 5) is 22.4. The smallest absolute Gasteiger partial charge is 0.309 e. The number of hydrogen-bond donors (Lipinski definition) is 1. The standard InChI is InChI=1S/C16H16N6O3/c1-12-15(22(24)25)10-21(19-12)11-16(23)18-14-5-2-4-13(8-14)9-20-7-3-6-17-20/h2-8,10H,9,11H2,1H3,(H,18,23). The second-order valence-electron chi connectivity index (χ2n) is 5.51. The Morgan fingerprint density at radius 3 is 2.84 bits per heavy atom. The van der Waals surface area contributed by atoms with E-state index in [1.165, 1.54) is 17.8 Å². The number of nitrogens with zero attached hydrogens (tertiary/aromatic N) is 5. The fourth-order valence-corrected chi connectivity index (χ4v) is 2.44. The molecule has 2 heterocycles. The summed E-state index contributed by atoms with van der Waals surface area (Å²) in [6.07, 6.45) is 4.82. The van der Waals surface area contributed by atoms with Gasteiger partial charge in [0, 0.05) is 18.1 Å². The molecule has 1 N–H and O–H groups in total. The van der Waals surface area contributed by atoms with Gasteiger partial charge < -0.3 is 5.32 Å². The third-order valence-corrected chi connectivity index (χ3v) is 3.54. The molecule has 1 amide bonds. The predicted molar refractivity (Wildman–Crippen MR) is 90.0 cm³/mol. The Bertz CT molecular complexity index is 900. The van der Waals surface area contributed by atoms with Crippen LogP contribution in [0.5, 0.6) is 0 Å². The van der Waals surface area contributed by atoms with Crippen molar-refractivity contribution in [1.29, 1.82) is 0 Å². The molecule has 9 nitrogen and oxygen atoms in total. The molecule has 1 aromatic carbocycles. The Labute approximate surface area is 143 Å². The topological polar surface area (TPSA) is 108 Å². The first-order chi connectivity index (χ1) is 12.0. The van der Waals surface area contributed by atoms with Crippen LogP contribution in [0.25, 0.3) is 0 Å². The lowest BCUT2D eigenvalue weighted by Crippen LogP contribution is -2.19. The maximum atomic E-state index is 12.1. The van der Waals surface area contributed by atoms with Crippen molar-refractivity contribution in [2.75, 3.05) is 5.32 Å². The Morgan fingerprint density at radius 2 is 2.16 bits per heavy atom. The van der Waals surface area contributed by atoms with Crippen molar-refractivity contribution in [1.82, 2.24) is 19.6 Å². The van der Waals surface area contributed by atoms with Gasteiger partial charge in [-0.15, -0.1) is 0 Å². The molecule has 2 aromatic heterocycles. The van der Waals surface area contributed by atoms with Gasteiger partial charge in [0.05, 0.1) is 11.5 Å². The van der Waals surface area contributed by atoms with Gasteiger partial charge >= 0.3 is 5.69 Å². The van der Waals surface area contributed by atoms with Crippen LogP contribution in [0, 0.1) is 17.0 Å². The third-order valence-electron chi connectivity index (χ3n) is 3.54. The van der Waals surface area contributed by atoms with Gasteiger partial charge in [-0.2, -0.15) is 10.2 Å². The van der Waals surface area contributed by atoms with E-state index in [-0.39, 0.29) is 23.8 Å². The van der Waals surface area contributed by atoms with Crippen molar-refractivity contribution in [3.8, 4) is 0 Å². The molecule has 0 saturated carbocycles. The van der Waals surface area contributed by atoms with Crippen LogP contribution >= 0.6 is 0 Å². The van der Waals surface area contributed by atoms with Gasteiger partial charge in [-0.1, -0.05) is 12.1 Å². The van der Waals surface area contributed by atoms with E-state index in [1.807, 2.05) is 30.5 Å². The lowest BCUT2D eigenvalue weighted by Gasteiger charge is -2.08. The Morgan fingerprint density at radius 1 is 1.32 bits per heavy atom. The molecule has 0 saturated heterocycles. The summed E-state index contributed by atoms with van der Waals surface area (Å²) < 4.78 is 3.04. The normalized spacial score (nSPS) is 10.6. The molecule has 0 unspecified atom stereocenters.